The van der Waals surface area contributed by atoms with Crippen LogP contribution in [0.4, 0.5) is 13.2 Å². The zero-order valence-electron chi connectivity index (χ0n) is 11.5. The Labute approximate surface area is 123 Å². The van der Waals surface area contributed by atoms with Gasteiger partial charge in [-0.25, -0.2) is 4.98 Å². The molecule has 0 fully saturated rings. The summed E-state index contributed by atoms with van der Waals surface area (Å²) < 4.78 is 37.8. The molecule has 0 unspecified atom stereocenters. The van der Waals surface area contributed by atoms with E-state index in [1.165, 1.54) is 12.1 Å². The molecule has 0 saturated carbocycles. The van der Waals surface area contributed by atoms with Gasteiger partial charge in [0.25, 0.3) is 0 Å². The smallest absolute Gasteiger partial charge is 0.339 e. The highest BCUT2D eigenvalue weighted by molar-refractivity contribution is 5.80. The SMILES string of the molecule is Cc1c(-c2ccc(C(F)(F)F)cc2)[nH]c2ncccc2c1=O. The fourth-order valence-corrected chi connectivity index (χ4v) is 2.33. The first-order valence-corrected chi connectivity index (χ1v) is 6.53. The lowest BCUT2D eigenvalue weighted by atomic mass is 10.0. The average Bonchev–Trinajstić information content (AvgIpc) is 2.50. The van der Waals surface area contributed by atoms with Crippen LogP contribution in [0.5, 0.6) is 0 Å². The molecule has 112 valence electrons. The first kappa shape index (κ1) is 14.3. The first-order chi connectivity index (χ1) is 10.4. The summed E-state index contributed by atoms with van der Waals surface area (Å²) in [7, 11) is 0. The quantitative estimate of drug-likeness (QED) is 0.740. The van der Waals surface area contributed by atoms with Gasteiger partial charge in [0.15, 0.2) is 5.43 Å². The first-order valence-electron chi connectivity index (χ1n) is 6.53. The topological polar surface area (TPSA) is 45.8 Å². The number of pyridine rings is 2. The Morgan fingerprint density at radius 3 is 2.41 bits per heavy atom. The summed E-state index contributed by atoms with van der Waals surface area (Å²) in [6, 6.07) is 8.00. The summed E-state index contributed by atoms with van der Waals surface area (Å²) in [4.78, 5) is 19.4. The van der Waals surface area contributed by atoms with E-state index in [2.05, 4.69) is 9.97 Å². The molecule has 2 aromatic heterocycles. The number of hydrogen-bond acceptors (Lipinski definition) is 2. The van der Waals surface area contributed by atoms with E-state index in [1.54, 1.807) is 25.3 Å². The average molecular weight is 304 g/mol. The fraction of sp³-hybridized carbons (Fsp3) is 0.125. The number of fused-ring (bicyclic) bond motifs is 1. The van der Waals surface area contributed by atoms with Gasteiger partial charge in [0, 0.05) is 11.8 Å². The van der Waals surface area contributed by atoms with Crippen molar-refractivity contribution in [1.29, 1.82) is 0 Å². The number of aromatic amines is 1. The van der Waals surface area contributed by atoms with E-state index in [9.17, 15) is 18.0 Å². The van der Waals surface area contributed by atoms with E-state index >= 15 is 0 Å². The van der Waals surface area contributed by atoms with Gasteiger partial charge in [-0.15, -0.1) is 0 Å². The fourth-order valence-electron chi connectivity index (χ4n) is 2.33. The van der Waals surface area contributed by atoms with E-state index in [-0.39, 0.29) is 5.43 Å². The molecule has 0 spiro atoms. The zero-order chi connectivity index (χ0) is 15.9. The van der Waals surface area contributed by atoms with Crippen molar-refractivity contribution in [2.75, 3.05) is 0 Å². The van der Waals surface area contributed by atoms with E-state index in [1.807, 2.05) is 0 Å². The molecule has 2 heterocycles. The molecule has 3 nitrogen and oxygen atoms in total. The highest BCUT2D eigenvalue weighted by Crippen LogP contribution is 2.31. The Bertz CT molecular complexity index is 896. The van der Waals surface area contributed by atoms with Gasteiger partial charge >= 0.3 is 6.18 Å². The lowest BCUT2D eigenvalue weighted by Crippen LogP contribution is -2.10. The lowest BCUT2D eigenvalue weighted by Gasteiger charge is -2.10. The normalized spacial score (nSPS) is 11.8. The second-order valence-corrected chi connectivity index (χ2v) is 4.93. The van der Waals surface area contributed by atoms with Gasteiger partial charge < -0.3 is 4.98 Å². The van der Waals surface area contributed by atoms with Crippen LogP contribution in [0.15, 0.2) is 47.4 Å². The molecular weight excluding hydrogens is 293 g/mol. The van der Waals surface area contributed by atoms with Crippen molar-refractivity contribution in [3.8, 4) is 11.3 Å². The molecule has 0 aliphatic carbocycles. The van der Waals surface area contributed by atoms with Crippen molar-refractivity contribution < 1.29 is 13.2 Å². The predicted octanol–water partition coefficient (Wildman–Crippen LogP) is 3.92. The van der Waals surface area contributed by atoms with Crippen LogP contribution >= 0.6 is 0 Å². The minimum atomic E-state index is -4.38. The lowest BCUT2D eigenvalue weighted by molar-refractivity contribution is -0.137. The molecule has 0 aliphatic heterocycles. The maximum absolute atomic E-state index is 12.6. The molecule has 1 N–H and O–H groups in total. The number of benzene rings is 1. The molecule has 22 heavy (non-hydrogen) atoms. The standard InChI is InChI=1S/C16H11F3N2O/c1-9-13(10-4-6-11(7-5-10)16(17,18)19)21-15-12(14(9)22)3-2-8-20-15/h2-8H,1H3,(H,20,21,22). The third-order valence-corrected chi connectivity index (χ3v) is 3.51. The van der Waals surface area contributed by atoms with Crippen molar-refractivity contribution in [2.24, 2.45) is 0 Å². The molecule has 6 heteroatoms. The Kier molecular flexibility index (Phi) is 3.24. The van der Waals surface area contributed by atoms with Gasteiger partial charge in [0.1, 0.15) is 5.65 Å². The molecular formula is C16H11F3N2O. The van der Waals surface area contributed by atoms with Gasteiger partial charge in [0.2, 0.25) is 0 Å². The number of alkyl halides is 3. The monoisotopic (exact) mass is 304 g/mol. The summed E-state index contributed by atoms with van der Waals surface area (Å²) in [5.41, 5.74) is 0.931. The summed E-state index contributed by atoms with van der Waals surface area (Å²) in [5, 5.41) is 0.454. The Hall–Kier alpha value is -2.63. The highest BCUT2D eigenvalue weighted by atomic mass is 19.4. The van der Waals surface area contributed by atoms with E-state index in [0.29, 0.717) is 27.9 Å². The third kappa shape index (κ3) is 2.36. The Morgan fingerprint density at radius 1 is 1.09 bits per heavy atom. The van der Waals surface area contributed by atoms with E-state index in [4.69, 9.17) is 0 Å². The number of hydrogen-bond donors (Lipinski definition) is 1. The van der Waals surface area contributed by atoms with Crippen molar-refractivity contribution in [1.82, 2.24) is 9.97 Å². The number of nitrogens with one attached hydrogen (secondary N) is 1. The molecule has 0 amide bonds. The van der Waals surface area contributed by atoms with Crippen molar-refractivity contribution in [3.05, 3.63) is 63.9 Å². The maximum atomic E-state index is 12.6. The number of nitrogens with zero attached hydrogens (tertiary/aromatic N) is 1. The second-order valence-electron chi connectivity index (χ2n) is 4.93. The van der Waals surface area contributed by atoms with E-state index < -0.39 is 11.7 Å². The van der Waals surface area contributed by atoms with Crippen LogP contribution in [-0.4, -0.2) is 9.97 Å². The number of halogens is 3. The van der Waals surface area contributed by atoms with Gasteiger partial charge in [-0.2, -0.15) is 13.2 Å². The largest absolute Gasteiger partial charge is 0.416 e. The Morgan fingerprint density at radius 2 is 1.77 bits per heavy atom. The second kappa shape index (κ2) is 4.98. The van der Waals surface area contributed by atoms with Crippen LogP contribution in [0.25, 0.3) is 22.3 Å². The van der Waals surface area contributed by atoms with E-state index in [0.717, 1.165) is 12.1 Å². The highest BCUT2D eigenvalue weighted by Gasteiger charge is 2.30. The molecule has 0 radical (unpaired) electrons. The minimum Gasteiger partial charge on any atom is -0.339 e. The third-order valence-electron chi connectivity index (χ3n) is 3.51. The summed E-state index contributed by atoms with van der Waals surface area (Å²) >= 11 is 0. The number of rotatable bonds is 1. The van der Waals surface area contributed by atoms with Crippen LogP contribution in [-0.2, 0) is 6.18 Å². The summed E-state index contributed by atoms with van der Waals surface area (Å²) in [6.07, 6.45) is -2.84. The molecule has 0 atom stereocenters. The predicted molar refractivity (Wildman–Crippen MR) is 77.5 cm³/mol. The molecule has 0 saturated heterocycles. The molecule has 3 aromatic rings. The van der Waals surface area contributed by atoms with Crippen LogP contribution in [0.1, 0.15) is 11.1 Å². The Balaban J connectivity index is 2.18. The molecule has 1 aromatic carbocycles. The minimum absolute atomic E-state index is 0.184. The maximum Gasteiger partial charge on any atom is 0.416 e. The zero-order valence-corrected chi connectivity index (χ0v) is 11.5. The van der Waals surface area contributed by atoms with Crippen molar-refractivity contribution in [2.45, 2.75) is 13.1 Å². The van der Waals surface area contributed by atoms with Crippen LogP contribution < -0.4 is 5.43 Å². The van der Waals surface area contributed by atoms with Gasteiger partial charge in [-0.3, -0.25) is 4.79 Å². The summed E-state index contributed by atoms with van der Waals surface area (Å²) in [6.45, 7) is 1.64. The number of H-pyrrole nitrogens is 1. The molecule has 0 bridgehead atoms. The molecule has 3 rings (SSSR count). The van der Waals surface area contributed by atoms with Crippen molar-refractivity contribution in [3.63, 3.8) is 0 Å². The van der Waals surface area contributed by atoms with Crippen molar-refractivity contribution >= 4 is 11.0 Å². The number of aromatic nitrogens is 2. The summed E-state index contributed by atoms with van der Waals surface area (Å²) in [5.74, 6) is 0. The van der Waals surface area contributed by atoms with Gasteiger partial charge in [-0.05, 0) is 36.8 Å². The molecule has 0 aliphatic rings. The van der Waals surface area contributed by atoms with Crippen LogP contribution in [0.3, 0.4) is 0 Å². The van der Waals surface area contributed by atoms with Crippen LogP contribution in [0.2, 0.25) is 0 Å². The van der Waals surface area contributed by atoms with Gasteiger partial charge in [0.05, 0.1) is 16.6 Å². The van der Waals surface area contributed by atoms with Crippen LogP contribution in [0, 0.1) is 6.92 Å². The van der Waals surface area contributed by atoms with Gasteiger partial charge in [-0.1, -0.05) is 12.1 Å².